The number of carbonyl (C=O) groups is 1. The van der Waals surface area contributed by atoms with E-state index in [1.807, 2.05) is 0 Å². The number of hydrogen-bond acceptors (Lipinski definition) is 7. The molecule has 2 rings (SSSR count). The van der Waals surface area contributed by atoms with Crippen LogP contribution in [-0.2, 0) is 21.9 Å². The molecule has 0 aliphatic carbocycles. The summed E-state index contributed by atoms with van der Waals surface area (Å²) in [6, 6.07) is 8.54. The molecular weight excluding hydrogens is 395 g/mol. The first kappa shape index (κ1) is 24.0. The predicted octanol–water partition coefficient (Wildman–Crippen LogP) is 2.14. The molecule has 2 aromatic carbocycles. The Kier molecular flexibility index (Phi) is 11.0. The van der Waals surface area contributed by atoms with Gasteiger partial charge < -0.3 is 25.5 Å². The molecule has 5 N–H and O–H groups in total. The maximum atomic E-state index is 9.57. The number of aliphatic imine (C=N–C) groups is 2. The SMILES string of the molecule is CC(=O)O.Oc1ccc(C=NCCN=Cc2ccc(O)cc2O)c(O)c1.[Mn+2]. The molecule has 0 aliphatic heterocycles. The molecule has 9 heteroatoms. The molecule has 0 heterocycles. The van der Waals surface area contributed by atoms with Crippen LogP contribution in [0.15, 0.2) is 46.4 Å². The number of aromatic hydroxyl groups is 4. The summed E-state index contributed by atoms with van der Waals surface area (Å²) in [4.78, 5) is 17.2. The van der Waals surface area contributed by atoms with Crippen LogP contribution < -0.4 is 0 Å². The normalized spacial score (nSPS) is 10.3. The van der Waals surface area contributed by atoms with Gasteiger partial charge in [0.1, 0.15) is 23.0 Å². The molecule has 0 amide bonds. The number of carboxylic acids is 1. The van der Waals surface area contributed by atoms with Crippen LogP contribution in [0, 0.1) is 0 Å². The molecule has 0 aliphatic rings. The van der Waals surface area contributed by atoms with Crippen molar-refractivity contribution in [2.75, 3.05) is 13.1 Å². The van der Waals surface area contributed by atoms with Gasteiger partial charge in [0.15, 0.2) is 0 Å². The van der Waals surface area contributed by atoms with Gasteiger partial charge in [0.05, 0.1) is 13.1 Å². The second-order valence-corrected chi connectivity index (χ2v) is 5.08. The summed E-state index contributed by atoms with van der Waals surface area (Å²) in [6.07, 6.45) is 3.00. The van der Waals surface area contributed by atoms with Crippen molar-refractivity contribution >= 4 is 18.4 Å². The fourth-order valence-corrected chi connectivity index (χ4v) is 1.72. The minimum atomic E-state index is -0.833. The van der Waals surface area contributed by atoms with Gasteiger partial charge in [0, 0.05) is 42.6 Å². The zero-order valence-electron chi connectivity index (χ0n) is 14.4. The minimum Gasteiger partial charge on any atom is -0.508 e. The van der Waals surface area contributed by atoms with Crippen molar-refractivity contribution in [3.8, 4) is 23.0 Å². The summed E-state index contributed by atoms with van der Waals surface area (Å²) in [6.45, 7) is 1.91. The fraction of sp³-hybridized carbons (Fsp3) is 0.167. The number of hydrogen-bond donors (Lipinski definition) is 5. The number of phenolic OH excluding ortho intramolecular Hbond substituents is 4. The zero-order valence-corrected chi connectivity index (χ0v) is 15.6. The van der Waals surface area contributed by atoms with E-state index in [9.17, 15) is 10.2 Å². The van der Waals surface area contributed by atoms with E-state index in [0.29, 0.717) is 24.2 Å². The van der Waals surface area contributed by atoms with Gasteiger partial charge in [-0.3, -0.25) is 14.8 Å². The van der Waals surface area contributed by atoms with Crippen LogP contribution in [0.2, 0.25) is 0 Å². The molecular formula is C18H20MnN2O6+2. The summed E-state index contributed by atoms with van der Waals surface area (Å²) in [7, 11) is 0. The first-order chi connectivity index (χ1) is 12.3. The van der Waals surface area contributed by atoms with Gasteiger partial charge in [-0.15, -0.1) is 0 Å². The molecule has 0 unspecified atom stereocenters. The minimum absolute atomic E-state index is 0. The fourth-order valence-electron chi connectivity index (χ4n) is 1.72. The molecule has 0 bridgehead atoms. The van der Waals surface area contributed by atoms with E-state index >= 15 is 0 Å². The molecule has 0 saturated carbocycles. The number of benzene rings is 2. The van der Waals surface area contributed by atoms with Crippen molar-refractivity contribution in [2.45, 2.75) is 6.92 Å². The molecule has 0 spiro atoms. The Morgan fingerprint density at radius 2 is 1.19 bits per heavy atom. The van der Waals surface area contributed by atoms with Gasteiger partial charge in [0.25, 0.3) is 5.97 Å². The standard InChI is InChI=1S/C16H16N2O4.C2H4O2.Mn/c19-13-3-1-11(15(21)7-13)9-17-5-6-18-10-12-2-4-14(20)8-16(12)22;1-2(3)4;/h1-4,7-10,19-22H,5-6H2;1H3,(H,3,4);/q;;+2. The second-order valence-electron chi connectivity index (χ2n) is 5.08. The van der Waals surface area contributed by atoms with E-state index in [1.165, 1.54) is 36.7 Å². The summed E-state index contributed by atoms with van der Waals surface area (Å²) >= 11 is 0. The van der Waals surface area contributed by atoms with Crippen LogP contribution in [0.4, 0.5) is 0 Å². The molecule has 0 aromatic heterocycles. The van der Waals surface area contributed by atoms with Gasteiger partial charge in [-0.1, -0.05) is 0 Å². The molecule has 2 aromatic rings. The van der Waals surface area contributed by atoms with Crippen LogP contribution in [0.25, 0.3) is 0 Å². The Morgan fingerprint density at radius 3 is 1.48 bits per heavy atom. The van der Waals surface area contributed by atoms with E-state index in [4.69, 9.17) is 20.1 Å². The van der Waals surface area contributed by atoms with Gasteiger partial charge in [-0.05, 0) is 24.3 Å². The van der Waals surface area contributed by atoms with E-state index < -0.39 is 5.97 Å². The van der Waals surface area contributed by atoms with Crippen LogP contribution in [0.5, 0.6) is 23.0 Å². The summed E-state index contributed by atoms with van der Waals surface area (Å²) in [5.41, 5.74) is 1.02. The first-order valence-corrected chi connectivity index (χ1v) is 7.52. The van der Waals surface area contributed by atoms with E-state index in [-0.39, 0.29) is 40.1 Å². The Hall–Kier alpha value is -3.03. The molecule has 143 valence electrons. The third kappa shape index (κ3) is 9.88. The maximum Gasteiger partial charge on any atom is 2.00 e. The van der Waals surface area contributed by atoms with Crippen molar-refractivity contribution in [3.05, 3.63) is 47.5 Å². The Balaban J connectivity index is 0.00000123. The third-order valence-electron chi connectivity index (χ3n) is 2.85. The topological polar surface area (TPSA) is 143 Å². The molecule has 8 nitrogen and oxygen atoms in total. The van der Waals surface area contributed by atoms with Crippen LogP contribution >= 0.6 is 0 Å². The van der Waals surface area contributed by atoms with Crippen LogP contribution in [0.1, 0.15) is 18.1 Å². The molecule has 0 saturated heterocycles. The van der Waals surface area contributed by atoms with Gasteiger partial charge in [-0.2, -0.15) is 0 Å². The van der Waals surface area contributed by atoms with Gasteiger partial charge >= 0.3 is 17.1 Å². The average Bonchev–Trinajstić information content (AvgIpc) is 2.53. The smallest absolute Gasteiger partial charge is 0.508 e. The number of carboxylic acid groups (broad SMARTS) is 1. The predicted molar refractivity (Wildman–Crippen MR) is 97.8 cm³/mol. The van der Waals surface area contributed by atoms with Crippen molar-refractivity contribution in [2.24, 2.45) is 9.98 Å². The number of phenols is 4. The van der Waals surface area contributed by atoms with E-state index in [2.05, 4.69) is 9.98 Å². The molecule has 27 heavy (non-hydrogen) atoms. The summed E-state index contributed by atoms with van der Waals surface area (Å²) < 4.78 is 0. The largest absolute Gasteiger partial charge is 2.00 e. The zero-order chi connectivity index (χ0) is 19.5. The quantitative estimate of drug-likeness (QED) is 0.288. The Bertz CT molecular complexity index is 743. The first-order valence-electron chi connectivity index (χ1n) is 7.52. The monoisotopic (exact) mass is 415 g/mol. The second kappa shape index (κ2) is 12.3. The van der Waals surface area contributed by atoms with Crippen molar-refractivity contribution in [3.63, 3.8) is 0 Å². The van der Waals surface area contributed by atoms with Gasteiger partial charge in [-0.25, -0.2) is 0 Å². The van der Waals surface area contributed by atoms with Crippen LogP contribution in [0.3, 0.4) is 0 Å². The third-order valence-corrected chi connectivity index (χ3v) is 2.85. The number of nitrogens with zero attached hydrogens (tertiary/aromatic N) is 2. The maximum absolute atomic E-state index is 9.57. The summed E-state index contributed by atoms with van der Waals surface area (Å²) in [5.74, 6) is -0.927. The number of rotatable bonds is 5. The molecule has 0 atom stereocenters. The molecule has 1 radical (unpaired) electrons. The van der Waals surface area contributed by atoms with Crippen molar-refractivity contribution in [1.29, 1.82) is 0 Å². The summed E-state index contributed by atoms with van der Waals surface area (Å²) in [5, 5.41) is 44.9. The number of aliphatic carboxylic acids is 1. The van der Waals surface area contributed by atoms with Crippen molar-refractivity contribution < 1.29 is 47.4 Å². The average molecular weight is 415 g/mol. The molecule has 0 fully saturated rings. The Morgan fingerprint density at radius 1 is 0.852 bits per heavy atom. The van der Waals surface area contributed by atoms with E-state index in [1.54, 1.807) is 12.1 Å². The Labute approximate surface area is 166 Å². The van der Waals surface area contributed by atoms with Crippen molar-refractivity contribution in [1.82, 2.24) is 0 Å². The van der Waals surface area contributed by atoms with Gasteiger partial charge in [0.2, 0.25) is 0 Å². The van der Waals surface area contributed by atoms with E-state index in [0.717, 1.165) is 6.92 Å². The van der Waals surface area contributed by atoms with Crippen LogP contribution in [-0.4, -0.2) is 57.0 Å².